The number of anilines is 1. The van der Waals surface area contributed by atoms with Gasteiger partial charge in [0, 0.05) is 12.6 Å². The first-order valence-electron chi connectivity index (χ1n) is 8.50. The van der Waals surface area contributed by atoms with Crippen LogP contribution < -0.4 is 5.32 Å². The molecule has 1 aliphatic carbocycles. The van der Waals surface area contributed by atoms with Gasteiger partial charge in [-0.2, -0.15) is 10.1 Å². The van der Waals surface area contributed by atoms with Crippen LogP contribution in [0.15, 0.2) is 0 Å². The fraction of sp³-hybridized carbons (Fsp3) is 0.625. The molecule has 2 aromatic heterocycles. The third-order valence-corrected chi connectivity index (χ3v) is 4.46. The van der Waals surface area contributed by atoms with Crippen molar-refractivity contribution < 1.29 is 14.3 Å². The summed E-state index contributed by atoms with van der Waals surface area (Å²) in [5.74, 6) is 0.0443. The fourth-order valence-electron chi connectivity index (χ4n) is 3.11. The van der Waals surface area contributed by atoms with Crippen LogP contribution in [0.1, 0.15) is 43.1 Å². The van der Waals surface area contributed by atoms with Gasteiger partial charge in [0.05, 0.1) is 20.3 Å². The summed E-state index contributed by atoms with van der Waals surface area (Å²) >= 11 is 6.09. The first kappa shape index (κ1) is 17.9. The van der Waals surface area contributed by atoms with E-state index in [0.29, 0.717) is 42.7 Å². The monoisotopic (exact) mass is 367 g/mol. The van der Waals surface area contributed by atoms with Crippen molar-refractivity contribution in [1.29, 1.82) is 0 Å². The van der Waals surface area contributed by atoms with Gasteiger partial charge in [0.2, 0.25) is 5.28 Å². The maximum absolute atomic E-state index is 12.1. The summed E-state index contributed by atoms with van der Waals surface area (Å²) in [5.41, 5.74) is 1.17. The van der Waals surface area contributed by atoms with Gasteiger partial charge in [-0.15, -0.1) is 0 Å². The minimum atomic E-state index is -0.554. The normalized spacial score (nSPS) is 15.0. The molecular weight excluding hydrogens is 346 g/mol. The van der Waals surface area contributed by atoms with E-state index < -0.39 is 5.97 Å². The van der Waals surface area contributed by atoms with Crippen molar-refractivity contribution in [2.45, 2.75) is 45.2 Å². The molecule has 0 saturated heterocycles. The largest absolute Gasteiger partial charge is 0.464 e. The van der Waals surface area contributed by atoms with Gasteiger partial charge >= 0.3 is 5.97 Å². The molecule has 0 aromatic carbocycles. The summed E-state index contributed by atoms with van der Waals surface area (Å²) in [6.45, 7) is 3.49. The summed E-state index contributed by atoms with van der Waals surface area (Å²) < 4.78 is 11.9. The van der Waals surface area contributed by atoms with Crippen LogP contribution in [0.2, 0.25) is 5.28 Å². The molecular formula is C16H22ClN5O3. The van der Waals surface area contributed by atoms with Crippen LogP contribution in [0.25, 0.3) is 11.0 Å². The number of ether oxygens (including phenoxy) is 2. The van der Waals surface area contributed by atoms with Crippen molar-refractivity contribution in [2.75, 3.05) is 25.6 Å². The molecule has 136 valence electrons. The Hall–Kier alpha value is -1.93. The quantitative estimate of drug-likeness (QED) is 0.457. The number of nitrogens with zero attached hydrogens (tertiary/aromatic N) is 4. The number of aromatic nitrogens is 4. The second kappa shape index (κ2) is 7.97. The lowest BCUT2D eigenvalue weighted by molar-refractivity contribution is 0.0594. The summed E-state index contributed by atoms with van der Waals surface area (Å²) in [4.78, 5) is 20.6. The second-order valence-corrected chi connectivity index (χ2v) is 6.26. The Kier molecular flexibility index (Phi) is 5.70. The van der Waals surface area contributed by atoms with Crippen LogP contribution >= 0.6 is 11.6 Å². The van der Waals surface area contributed by atoms with Crippen LogP contribution in [0.5, 0.6) is 0 Å². The highest BCUT2D eigenvalue weighted by molar-refractivity contribution is 6.29. The average molecular weight is 368 g/mol. The molecule has 1 aliphatic rings. The Balaban J connectivity index is 2.06. The molecule has 0 amide bonds. The molecule has 0 spiro atoms. The van der Waals surface area contributed by atoms with Crippen molar-refractivity contribution >= 4 is 34.4 Å². The lowest BCUT2D eigenvalue weighted by atomic mass is 10.2. The van der Waals surface area contributed by atoms with Crippen LogP contribution in [0, 0.1) is 0 Å². The highest BCUT2D eigenvalue weighted by Crippen LogP contribution is 2.29. The molecule has 3 rings (SSSR count). The molecule has 1 N–H and O–H groups in total. The van der Waals surface area contributed by atoms with Crippen molar-refractivity contribution in [1.82, 2.24) is 19.7 Å². The Morgan fingerprint density at radius 2 is 2.12 bits per heavy atom. The first-order valence-corrected chi connectivity index (χ1v) is 8.88. The number of rotatable bonds is 7. The lowest BCUT2D eigenvalue weighted by Crippen LogP contribution is -2.17. The van der Waals surface area contributed by atoms with Gasteiger partial charge in [0.25, 0.3) is 0 Å². The minimum Gasteiger partial charge on any atom is -0.464 e. The van der Waals surface area contributed by atoms with Crippen molar-refractivity contribution in [3.8, 4) is 0 Å². The Morgan fingerprint density at radius 3 is 2.80 bits per heavy atom. The van der Waals surface area contributed by atoms with Crippen LogP contribution in [0.3, 0.4) is 0 Å². The molecule has 1 fully saturated rings. The molecule has 2 heterocycles. The molecule has 0 unspecified atom stereocenters. The van der Waals surface area contributed by atoms with E-state index >= 15 is 0 Å². The molecule has 0 aliphatic heterocycles. The maximum atomic E-state index is 12.1. The van der Waals surface area contributed by atoms with Gasteiger partial charge in [-0.25, -0.2) is 9.78 Å². The standard InChI is InChI=1S/C16H22ClN5O3/c1-3-25-9-8-22-13-11(12(21-22)15(23)24-2)19-16(17)20-14(13)18-10-6-4-5-7-10/h10H,3-9H2,1-2H3,(H,18,19,20). The van der Waals surface area contributed by atoms with E-state index in [0.717, 1.165) is 12.8 Å². The average Bonchev–Trinajstić information content (AvgIpc) is 3.22. The summed E-state index contributed by atoms with van der Waals surface area (Å²) in [6.07, 6.45) is 4.55. The molecule has 1 saturated carbocycles. The zero-order valence-electron chi connectivity index (χ0n) is 14.4. The molecule has 9 heteroatoms. The van der Waals surface area contributed by atoms with E-state index in [1.54, 1.807) is 4.68 Å². The van der Waals surface area contributed by atoms with Gasteiger partial charge in [0.15, 0.2) is 11.5 Å². The predicted octanol–water partition coefficient (Wildman–Crippen LogP) is 2.66. The van der Waals surface area contributed by atoms with Crippen LogP contribution in [0.4, 0.5) is 5.82 Å². The van der Waals surface area contributed by atoms with Crippen LogP contribution in [-0.4, -0.2) is 52.1 Å². The summed E-state index contributed by atoms with van der Waals surface area (Å²) in [6, 6.07) is 0.339. The molecule has 0 bridgehead atoms. The van der Waals surface area contributed by atoms with E-state index in [4.69, 9.17) is 21.1 Å². The Labute approximate surface area is 150 Å². The Morgan fingerprint density at radius 1 is 1.36 bits per heavy atom. The number of methoxy groups -OCH3 is 1. The molecule has 8 nitrogen and oxygen atoms in total. The minimum absolute atomic E-state index is 0.0718. The van der Waals surface area contributed by atoms with Crippen molar-refractivity contribution in [2.24, 2.45) is 0 Å². The lowest BCUT2D eigenvalue weighted by Gasteiger charge is -2.14. The first-order chi connectivity index (χ1) is 12.1. The summed E-state index contributed by atoms with van der Waals surface area (Å²) in [5, 5.41) is 7.88. The smallest absolute Gasteiger partial charge is 0.360 e. The van der Waals surface area contributed by atoms with Gasteiger partial charge < -0.3 is 14.8 Å². The Bertz CT molecular complexity index is 758. The number of halogens is 1. The zero-order valence-corrected chi connectivity index (χ0v) is 15.2. The number of hydrogen-bond acceptors (Lipinski definition) is 7. The second-order valence-electron chi connectivity index (χ2n) is 5.92. The molecule has 0 atom stereocenters. The van der Waals surface area contributed by atoms with Gasteiger partial charge in [-0.3, -0.25) is 4.68 Å². The molecule has 2 aromatic rings. The van der Waals surface area contributed by atoms with E-state index in [1.807, 2.05) is 6.92 Å². The third-order valence-electron chi connectivity index (χ3n) is 4.29. The fourth-order valence-corrected chi connectivity index (χ4v) is 3.28. The third kappa shape index (κ3) is 3.85. The number of esters is 1. The summed E-state index contributed by atoms with van der Waals surface area (Å²) in [7, 11) is 1.31. The van der Waals surface area contributed by atoms with E-state index in [9.17, 15) is 4.79 Å². The van der Waals surface area contributed by atoms with Crippen molar-refractivity contribution in [3.63, 3.8) is 0 Å². The highest BCUT2D eigenvalue weighted by Gasteiger charge is 2.25. The number of carbonyl (C=O) groups is 1. The predicted molar refractivity (Wildman–Crippen MR) is 94.0 cm³/mol. The van der Waals surface area contributed by atoms with E-state index in [1.165, 1.54) is 20.0 Å². The van der Waals surface area contributed by atoms with Gasteiger partial charge in [-0.1, -0.05) is 12.8 Å². The number of hydrogen-bond donors (Lipinski definition) is 1. The van der Waals surface area contributed by atoms with Gasteiger partial charge in [0.1, 0.15) is 11.0 Å². The highest BCUT2D eigenvalue weighted by atomic mass is 35.5. The molecule has 0 radical (unpaired) electrons. The van der Waals surface area contributed by atoms with Crippen molar-refractivity contribution in [3.05, 3.63) is 11.0 Å². The zero-order chi connectivity index (χ0) is 17.8. The van der Waals surface area contributed by atoms with Gasteiger partial charge in [-0.05, 0) is 31.4 Å². The number of nitrogens with one attached hydrogen (secondary N) is 1. The van der Waals surface area contributed by atoms with E-state index in [2.05, 4.69) is 20.4 Å². The van der Waals surface area contributed by atoms with Crippen LogP contribution in [-0.2, 0) is 16.0 Å². The molecule has 25 heavy (non-hydrogen) atoms. The maximum Gasteiger partial charge on any atom is 0.360 e. The number of carbonyl (C=O) groups excluding carboxylic acids is 1. The number of fused-ring (bicyclic) bond motifs is 1. The van der Waals surface area contributed by atoms with E-state index in [-0.39, 0.29) is 11.0 Å². The SMILES string of the molecule is CCOCCn1nc(C(=O)OC)c2nc(Cl)nc(NC3CCCC3)c21. The topological polar surface area (TPSA) is 91.2 Å².